The van der Waals surface area contributed by atoms with E-state index in [9.17, 15) is 28.1 Å². The minimum atomic E-state index is -4.33. The van der Waals surface area contributed by atoms with Crippen LogP contribution in [0.25, 0.3) is 11.1 Å². The number of hydrogen-bond donors (Lipinski definition) is 1. The van der Waals surface area contributed by atoms with Gasteiger partial charge in [0.25, 0.3) is 15.7 Å². The summed E-state index contributed by atoms with van der Waals surface area (Å²) >= 11 is 0. The van der Waals surface area contributed by atoms with E-state index >= 15 is 0 Å². The van der Waals surface area contributed by atoms with E-state index in [1.807, 2.05) is 39.6 Å². The Labute approximate surface area is 310 Å². The van der Waals surface area contributed by atoms with Crippen LogP contribution in [0.1, 0.15) is 53.0 Å². The number of anilines is 2. The Kier molecular flexibility index (Phi) is 11.2. The van der Waals surface area contributed by atoms with Crippen LogP contribution in [0.5, 0.6) is 0 Å². The summed E-state index contributed by atoms with van der Waals surface area (Å²) in [5.41, 5.74) is 2.55. The first-order valence-electron chi connectivity index (χ1n) is 17.1. The number of likely N-dealkylation sites (tertiary alicyclic amines) is 1. The van der Waals surface area contributed by atoms with Gasteiger partial charge < -0.3 is 23.9 Å². The third-order valence-corrected chi connectivity index (χ3v) is 12.0. The lowest BCUT2D eigenvalue weighted by atomic mass is 9.92. The summed E-state index contributed by atoms with van der Waals surface area (Å²) in [6, 6.07) is 16.2. The van der Waals surface area contributed by atoms with Crippen molar-refractivity contribution in [3.63, 3.8) is 0 Å². The fourth-order valence-corrected chi connectivity index (χ4v) is 8.20. The van der Waals surface area contributed by atoms with E-state index in [1.165, 1.54) is 31.4 Å². The van der Waals surface area contributed by atoms with E-state index in [0.717, 1.165) is 4.31 Å². The van der Waals surface area contributed by atoms with Gasteiger partial charge in [0.05, 0.1) is 28.2 Å². The molecule has 0 radical (unpaired) electrons. The van der Waals surface area contributed by atoms with Gasteiger partial charge in [-0.1, -0.05) is 61.5 Å². The molecular formula is C37H45N5O9SSi. The monoisotopic (exact) mass is 763 g/mol. The molecule has 1 fully saturated rings. The molecular weight excluding hydrogens is 719 g/mol. The molecule has 0 saturated carbocycles. The van der Waals surface area contributed by atoms with E-state index in [4.69, 9.17) is 13.7 Å². The molecule has 1 N–H and O–H groups in total. The minimum absolute atomic E-state index is 0.00135. The molecule has 1 amide bonds. The van der Waals surface area contributed by atoms with Crippen molar-refractivity contribution in [3.8, 4) is 11.1 Å². The standard InChI is InChI=1S/C37H45N5O9SSi/c1-24-25(2)39-51-34(24)41(23-50-53(6,7)8)52(47,48)32-15-10-9-12-29(32)28-17-16-26(20-27(28)22-40-19-18-37(3,4)36(40)44)21-38-33-30(35(43)49-5)13-11-14-31(33)42(45)46/h9-17,20,38H,18-19,21-23H2,1-8H3. The highest BCUT2D eigenvalue weighted by Crippen LogP contribution is 2.38. The number of aryl methyl sites for hydroxylation is 1. The molecule has 0 atom stereocenters. The van der Waals surface area contributed by atoms with Gasteiger partial charge in [0, 0.05) is 42.2 Å². The third-order valence-electron chi connectivity index (χ3n) is 9.24. The zero-order valence-corrected chi connectivity index (χ0v) is 33.0. The van der Waals surface area contributed by atoms with Crippen LogP contribution in [0.2, 0.25) is 19.6 Å². The summed E-state index contributed by atoms with van der Waals surface area (Å²) < 4.78 is 47.1. The number of nitrogens with zero attached hydrogens (tertiary/aromatic N) is 4. The van der Waals surface area contributed by atoms with Gasteiger partial charge >= 0.3 is 5.97 Å². The van der Waals surface area contributed by atoms with Gasteiger partial charge in [-0.15, -0.1) is 0 Å². The predicted molar refractivity (Wildman–Crippen MR) is 202 cm³/mol. The fourth-order valence-electron chi connectivity index (χ4n) is 6.06. The van der Waals surface area contributed by atoms with Gasteiger partial charge in [-0.25, -0.2) is 17.5 Å². The fraction of sp³-hybridized carbons (Fsp3) is 0.378. The molecule has 1 aliphatic rings. The number of benzene rings is 3. The van der Waals surface area contributed by atoms with Crippen LogP contribution < -0.4 is 9.62 Å². The Morgan fingerprint density at radius 1 is 1.09 bits per heavy atom. The molecule has 3 aromatic carbocycles. The Morgan fingerprint density at radius 3 is 2.42 bits per heavy atom. The van der Waals surface area contributed by atoms with Gasteiger partial charge in [0.2, 0.25) is 11.8 Å². The number of esters is 1. The molecule has 14 nitrogen and oxygen atoms in total. The van der Waals surface area contributed by atoms with Gasteiger partial charge in [-0.3, -0.25) is 14.9 Å². The molecule has 1 saturated heterocycles. The molecule has 0 aliphatic carbocycles. The summed E-state index contributed by atoms with van der Waals surface area (Å²) in [5.74, 6) is -0.704. The summed E-state index contributed by atoms with van der Waals surface area (Å²) in [6.45, 7) is 13.6. The van der Waals surface area contributed by atoms with Crippen LogP contribution in [0.3, 0.4) is 0 Å². The second-order valence-electron chi connectivity index (χ2n) is 14.6. The number of aromatic nitrogens is 1. The first-order valence-corrected chi connectivity index (χ1v) is 21.9. The van der Waals surface area contributed by atoms with Crippen LogP contribution >= 0.6 is 0 Å². The van der Waals surface area contributed by atoms with Gasteiger partial charge in [0.15, 0.2) is 8.32 Å². The smallest absolute Gasteiger partial charge is 0.340 e. The number of hydrogen-bond acceptors (Lipinski definition) is 11. The zero-order valence-electron chi connectivity index (χ0n) is 31.2. The van der Waals surface area contributed by atoms with Crippen molar-refractivity contribution in [2.45, 2.75) is 71.7 Å². The second kappa shape index (κ2) is 15.1. The quantitative estimate of drug-likeness (QED) is 0.0459. The highest BCUT2D eigenvalue weighted by molar-refractivity contribution is 7.93. The highest BCUT2D eigenvalue weighted by Gasteiger charge is 2.39. The van der Waals surface area contributed by atoms with Crippen molar-refractivity contribution < 1.29 is 36.6 Å². The number of para-hydroxylation sites is 1. The van der Waals surface area contributed by atoms with Crippen LogP contribution in [0, 0.1) is 29.4 Å². The number of methoxy groups -OCH3 is 1. The normalized spacial score (nSPS) is 14.3. The molecule has 1 aromatic heterocycles. The maximum Gasteiger partial charge on any atom is 0.340 e. The molecule has 2 heterocycles. The Morgan fingerprint density at radius 2 is 1.81 bits per heavy atom. The summed E-state index contributed by atoms with van der Waals surface area (Å²) in [5, 5.41) is 19.0. The van der Waals surface area contributed by atoms with Gasteiger partial charge in [-0.2, -0.15) is 0 Å². The number of carbonyl (C=O) groups excluding carboxylic acids is 2. The maximum atomic E-state index is 14.7. The molecule has 16 heteroatoms. The molecule has 0 spiro atoms. The Balaban J connectivity index is 1.61. The molecule has 282 valence electrons. The zero-order chi connectivity index (χ0) is 38.9. The van der Waals surface area contributed by atoms with Gasteiger partial charge in [-0.05, 0) is 68.7 Å². The SMILES string of the molecule is COC(=O)c1cccc([N+](=O)[O-])c1NCc1ccc(-c2ccccc2S(=O)(=O)N(CO[Si](C)(C)C)c2onc(C)c2C)c(CN2CCC(C)(C)C2=O)c1. The first kappa shape index (κ1) is 39.2. The largest absolute Gasteiger partial charge is 0.465 e. The molecule has 5 rings (SSSR count). The van der Waals surface area contributed by atoms with E-state index in [0.29, 0.717) is 46.5 Å². The molecule has 4 aromatic rings. The van der Waals surface area contributed by atoms with Crippen LogP contribution in [-0.4, -0.2) is 64.0 Å². The number of ether oxygens (including phenoxy) is 1. The molecule has 53 heavy (non-hydrogen) atoms. The van der Waals surface area contributed by atoms with Crippen LogP contribution in [0.4, 0.5) is 17.3 Å². The number of amides is 1. The van der Waals surface area contributed by atoms with Crippen molar-refractivity contribution in [2.75, 3.05) is 30.0 Å². The number of carbonyl (C=O) groups is 2. The molecule has 0 unspecified atom stereocenters. The number of sulfonamides is 1. The van der Waals surface area contributed by atoms with E-state index in [1.54, 1.807) is 49.1 Å². The minimum Gasteiger partial charge on any atom is -0.465 e. The van der Waals surface area contributed by atoms with E-state index < -0.39 is 34.6 Å². The summed E-state index contributed by atoms with van der Waals surface area (Å²) in [4.78, 5) is 39.0. The molecule has 0 bridgehead atoms. The summed E-state index contributed by atoms with van der Waals surface area (Å²) in [7, 11) is -5.34. The lowest BCUT2D eigenvalue weighted by Gasteiger charge is -2.27. The topological polar surface area (TPSA) is 174 Å². The predicted octanol–water partition coefficient (Wildman–Crippen LogP) is 7.03. The van der Waals surface area contributed by atoms with Crippen LogP contribution in [0.15, 0.2) is 70.1 Å². The highest BCUT2D eigenvalue weighted by atomic mass is 32.2. The average Bonchev–Trinajstić information content (AvgIpc) is 3.57. The molecule has 1 aliphatic heterocycles. The van der Waals surface area contributed by atoms with Crippen molar-refractivity contribution in [1.29, 1.82) is 0 Å². The number of rotatable bonds is 14. The summed E-state index contributed by atoms with van der Waals surface area (Å²) in [6.07, 6.45) is 0.656. The number of nitrogens with one attached hydrogen (secondary N) is 1. The Hall–Kier alpha value is -5.06. The van der Waals surface area contributed by atoms with Crippen molar-refractivity contribution in [3.05, 3.63) is 98.7 Å². The third kappa shape index (κ3) is 8.29. The van der Waals surface area contributed by atoms with Crippen molar-refractivity contribution in [2.24, 2.45) is 5.41 Å². The second-order valence-corrected chi connectivity index (χ2v) is 20.9. The number of nitro benzene ring substituents is 1. The average molecular weight is 764 g/mol. The van der Waals surface area contributed by atoms with Crippen LogP contribution in [-0.2, 0) is 37.1 Å². The maximum absolute atomic E-state index is 14.7. The van der Waals surface area contributed by atoms with E-state index in [2.05, 4.69) is 10.5 Å². The lowest BCUT2D eigenvalue weighted by Crippen LogP contribution is -2.39. The number of nitro groups is 1. The van der Waals surface area contributed by atoms with Crippen molar-refractivity contribution in [1.82, 2.24) is 10.1 Å². The first-order chi connectivity index (χ1) is 24.9. The van der Waals surface area contributed by atoms with E-state index in [-0.39, 0.29) is 53.4 Å². The van der Waals surface area contributed by atoms with Crippen molar-refractivity contribution >= 4 is 47.5 Å². The lowest BCUT2D eigenvalue weighted by molar-refractivity contribution is -0.384. The Bertz CT molecular complexity index is 2160. The van der Waals surface area contributed by atoms with Gasteiger partial charge in [0.1, 0.15) is 12.4 Å².